The summed E-state index contributed by atoms with van der Waals surface area (Å²) in [6.07, 6.45) is 8.52. The number of carbonyl (C=O) groups is 2. The van der Waals surface area contributed by atoms with Crippen molar-refractivity contribution in [3.63, 3.8) is 0 Å². The van der Waals surface area contributed by atoms with Gasteiger partial charge in [0.25, 0.3) is 5.91 Å². The Morgan fingerprint density at radius 3 is 2.57 bits per heavy atom. The molecule has 1 amide bonds. The van der Waals surface area contributed by atoms with Gasteiger partial charge in [-0.15, -0.1) is 0 Å². The fourth-order valence-corrected chi connectivity index (χ4v) is 13.4. The van der Waals surface area contributed by atoms with Gasteiger partial charge in [0.05, 0.1) is 25.9 Å². The van der Waals surface area contributed by atoms with Crippen molar-refractivity contribution in [3.05, 3.63) is 70.9 Å². The number of aromatic nitrogens is 1. The maximum atomic E-state index is 15.3. The van der Waals surface area contributed by atoms with E-state index in [4.69, 9.17) is 9.47 Å². The summed E-state index contributed by atoms with van der Waals surface area (Å²) in [6.45, 7) is 8.92. The number of β-amino-alcohol motifs (C(OH)–C–C–N with tert-alkyl or cyclic N) is 1. The van der Waals surface area contributed by atoms with E-state index in [1.165, 1.54) is 7.11 Å². The smallest absolute Gasteiger partial charge is 0.322 e. The second-order valence-electron chi connectivity index (χ2n) is 18.4. The average molecular weight is 844 g/mol. The molecular weight excluding hydrogens is 779 g/mol. The monoisotopic (exact) mass is 843 g/mol. The molecule has 0 radical (unpaired) electrons. The molecule has 0 bridgehead atoms. The Bertz CT molecular complexity index is 2160. The van der Waals surface area contributed by atoms with E-state index in [-0.39, 0.29) is 12.0 Å². The highest BCUT2D eigenvalue weighted by Crippen LogP contribution is 2.67. The van der Waals surface area contributed by atoms with Crippen LogP contribution in [0.15, 0.2) is 48.6 Å². The number of aliphatic hydroxyl groups excluding tert-OH is 1. The Labute approximate surface area is 358 Å². The van der Waals surface area contributed by atoms with Gasteiger partial charge in [0.2, 0.25) is 0 Å². The molecule has 13 heteroatoms. The fraction of sp³-hybridized carbons (Fsp3) is 0.617. The van der Waals surface area contributed by atoms with E-state index < -0.39 is 51.5 Å². The molecule has 1 aromatic heterocycles. The summed E-state index contributed by atoms with van der Waals surface area (Å²) in [4.78, 5) is 38.2. The second kappa shape index (κ2) is 16.0. The van der Waals surface area contributed by atoms with Crippen molar-refractivity contribution in [2.45, 2.75) is 106 Å². The lowest BCUT2D eigenvalue weighted by molar-refractivity contribution is -0.203. The Morgan fingerprint density at radius 2 is 1.85 bits per heavy atom. The standard InChI is InChI=1S/C47H65N5O7S/c1-8-43(56)26-29(3)27-46(42(55)59-6,37-31(16-20-48-28-43)30-14-10-11-15-34(30)50-37)33-24-32-35(25-36(33)58-5)51(4)39-45(32)18-22-52-21-12-17-44(9-2,38(45)52)40(53)47(39,57)41(54)49-19-13-23-60-7/h10-12,14-15,17,24-25,29,38-40,48,50,53,56-57H,8-9,13,16,18-23,26-28H2,1-7H3,(H,49,54)/t29-,38?,39+,40+,43-,44+,45+,46-,47-/m0/s1. The van der Waals surface area contributed by atoms with Crippen molar-refractivity contribution in [1.82, 2.24) is 20.5 Å². The molecule has 1 saturated carbocycles. The number of ether oxygens (including phenoxy) is 2. The summed E-state index contributed by atoms with van der Waals surface area (Å²) in [6, 6.07) is 11.1. The van der Waals surface area contributed by atoms with Gasteiger partial charge in [-0.2, -0.15) is 11.8 Å². The van der Waals surface area contributed by atoms with Gasteiger partial charge >= 0.3 is 5.97 Å². The lowest BCUT2D eigenvalue weighted by Gasteiger charge is -2.63. The quantitative estimate of drug-likeness (QED) is 0.0976. The van der Waals surface area contributed by atoms with Crippen LogP contribution < -0.4 is 20.3 Å². The van der Waals surface area contributed by atoms with E-state index >= 15 is 4.79 Å². The number of aliphatic hydroxyl groups is 3. The van der Waals surface area contributed by atoms with Crippen LogP contribution in [0.5, 0.6) is 5.75 Å². The zero-order chi connectivity index (χ0) is 42.8. The van der Waals surface area contributed by atoms with Crippen LogP contribution in [0.1, 0.15) is 81.7 Å². The van der Waals surface area contributed by atoms with E-state index in [2.05, 4.69) is 51.7 Å². The largest absolute Gasteiger partial charge is 0.496 e. The van der Waals surface area contributed by atoms with Crippen LogP contribution in [0, 0.1) is 11.3 Å². The number of benzene rings is 2. The van der Waals surface area contributed by atoms with Gasteiger partial charge < -0.3 is 45.3 Å². The number of hydrogen-bond acceptors (Lipinski definition) is 11. The number of thioether (sulfide) groups is 1. The van der Waals surface area contributed by atoms with Gasteiger partial charge in [-0.3, -0.25) is 14.5 Å². The zero-order valence-electron chi connectivity index (χ0n) is 36.4. The number of para-hydroxylation sites is 1. The Balaban J connectivity index is 1.42. The number of H-pyrrole nitrogens is 1. The first-order valence-corrected chi connectivity index (χ1v) is 23.3. The number of esters is 1. The maximum absolute atomic E-state index is 15.3. The van der Waals surface area contributed by atoms with E-state index in [0.29, 0.717) is 82.6 Å². The third-order valence-electron chi connectivity index (χ3n) is 15.4. The minimum Gasteiger partial charge on any atom is -0.496 e. The molecule has 60 heavy (non-hydrogen) atoms. The Kier molecular flexibility index (Phi) is 11.5. The number of rotatable bonds is 10. The van der Waals surface area contributed by atoms with Gasteiger partial charge in [0.15, 0.2) is 5.60 Å². The van der Waals surface area contributed by atoms with Crippen molar-refractivity contribution in [3.8, 4) is 5.75 Å². The van der Waals surface area contributed by atoms with Gasteiger partial charge in [0, 0.05) is 77.5 Å². The highest BCUT2D eigenvalue weighted by atomic mass is 32.2. The average Bonchev–Trinajstić information content (AvgIpc) is 3.91. The Hall–Kier alpha value is -3.59. The predicted octanol–water partition coefficient (Wildman–Crippen LogP) is 4.41. The number of nitrogens with one attached hydrogen (secondary N) is 3. The number of amides is 1. The summed E-state index contributed by atoms with van der Waals surface area (Å²) in [5.74, 6) is 0.155. The van der Waals surface area contributed by atoms with Gasteiger partial charge in [0.1, 0.15) is 17.3 Å². The van der Waals surface area contributed by atoms with Crippen LogP contribution in [0.3, 0.4) is 0 Å². The minimum absolute atomic E-state index is 0.164. The number of hydrogen-bond donors (Lipinski definition) is 6. The summed E-state index contributed by atoms with van der Waals surface area (Å²) in [5.41, 5.74) is -1.44. The van der Waals surface area contributed by atoms with Gasteiger partial charge in [-0.05, 0) is 99.2 Å². The number of fused-ring (bicyclic) bond motifs is 4. The molecule has 1 spiro atoms. The number of aromatic amines is 1. The normalized spacial score (nSPS) is 34.9. The molecule has 5 heterocycles. The second-order valence-corrected chi connectivity index (χ2v) is 19.4. The van der Waals surface area contributed by atoms with E-state index in [1.54, 1.807) is 18.9 Å². The first-order valence-electron chi connectivity index (χ1n) is 21.9. The van der Waals surface area contributed by atoms with Crippen molar-refractivity contribution >= 4 is 40.2 Å². The van der Waals surface area contributed by atoms with Crippen LogP contribution in [0.25, 0.3) is 10.9 Å². The molecule has 5 aliphatic rings. The van der Waals surface area contributed by atoms with Gasteiger partial charge in [-0.25, -0.2) is 0 Å². The van der Waals surface area contributed by atoms with Crippen LogP contribution in [-0.4, -0.2) is 132 Å². The first kappa shape index (κ1) is 43.1. The molecule has 12 nitrogen and oxygen atoms in total. The lowest BCUT2D eigenvalue weighted by Crippen LogP contribution is -2.81. The van der Waals surface area contributed by atoms with E-state index in [9.17, 15) is 20.1 Å². The van der Waals surface area contributed by atoms with Crippen molar-refractivity contribution in [2.24, 2.45) is 11.3 Å². The van der Waals surface area contributed by atoms with E-state index in [0.717, 1.165) is 45.6 Å². The Morgan fingerprint density at radius 1 is 1.07 bits per heavy atom. The number of anilines is 1. The maximum Gasteiger partial charge on any atom is 0.322 e. The third-order valence-corrected chi connectivity index (χ3v) is 16.1. The molecule has 1 unspecified atom stereocenters. The molecule has 8 rings (SSSR count). The van der Waals surface area contributed by atoms with Crippen molar-refractivity contribution in [2.75, 3.05) is 70.9 Å². The lowest BCUT2D eigenvalue weighted by atomic mass is 9.47. The molecule has 326 valence electrons. The predicted molar refractivity (Wildman–Crippen MR) is 237 cm³/mol. The summed E-state index contributed by atoms with van der Waals surface area (Å²) in [5, 5.41) is 45.6. The number of carbonyl (C=O) groups excluding carboxylic acids is 2. The summed E-state index contributed by atoms with van der Waals surface area (Å²) < 4.78 is 12.3. The molecule has 1 aliphatic carbocycles. The van der Waals surface area contributed by atoms with E-state index in [1.807, 2.05) is 56.3 Å². The molecule has 6 N–H and O–H groups in total. The number of likely N-dealkylation sites (N-methyl/N-ethyl adjacent to an activating group) is 1. The van der Waals surface area contributed by atoms with Gasteiger partial charge in [-0.1, -0.05) is 51.1 Å². The van der Waals surface area contributed by atoms with Crippen molar-refractivity contribution in [1.29, 1.82) is 0 Å². The molecule has 9 atom stereocenters. The van der Waals surface area contributed by atoms with Crippen LogP contribution in [-0.2, 0) is 31.6 Å². The number of nitrogens with zero attached hydrogens (tertiary/aromatic N) is 2. The molecule has 4 aliphatic heterocycles. The highest BCUT2D eigenvalue weighted by molar-refractivity contribution is 7.98. The molecule has 3 aromatic rings. The first-order chi connectivity index (χ1) is 28.8. The topological polar surface area (TPSA) is 160 Å². The van der Waals surface area contributed by atoms with Crippen LogP contribution >= 0.6 is 11.8 Å². The fourth-order valence-electron chi connectivity index (χ4n) is 12.9. The zero-order valence-corrected chi connectivity index (χ0v) is 37.2. The number of methoxy groups -OCH3 is 2. The molecule has 2 fully saturated rings. The molecular formula is C47H65N5O7S. The minimum atomic E-state index is -2.20. The summed E-state index contributed by atoms with van der Waals surface area (Å²) in [7, 11) is 4.97. The van der Waals surface area contributed by atoms with Crippen LogP contribution in [0.4, 0.5) is 5.69 Å². The molecule has 2 aromatic carbocycles. The highest BCUT2D eigenvalue weighted by Gasteiger charge is 2.78. The SMILES string of the molecule is CC[C@@]1(O)CNCCc2c([nH]c3ccccc23)[C@@](C(=O)OC)(c2cc3c(cc2OC)N(C)[C@H]2[C@@](O)(C(=O)NCCCSC)[C@H](O)[C@]4(CC)C=CCN5CC[C@]32C54)C[C@@H](C)C1. The van der Waals surface area contributed by atoms with Crippen molar-refractivity contribution < 1.29 is 34.4 Å². The summed E-state index contributed by atoms with van der Waals surface area (Å²) >= 11 is 1.70. The molecule has 1 saturated heterocycles. The third kappa shape index (κ3) is 6.03. The van der Waals surface area contributed by atoms with Crippen LogP contribution in [0.2, 0.25) is 0 Å².